The molecule has 0 saturated carbocycles. The maximum Gasteiger partial charge on any atom is 0.337 e. The van der Waals surface area contributed by atoms with Gasteiger partial charge in [-0.3, -0.25) is 4.79 Å². The molecule has 5 aromatic rings. The average molecular weight is 453 g/mol. The predicted molar refractivity (Wildman–Crippen MR) is 135 cm³/mol. The lowest BCUT2D eigenvalue weighted by molar-refractivity contribution is 0.0698. The first-order chi connectivity index (χ1) is 16.3. The van der Waals surface area contributed by atoms with Crippen LogP contribution in [0.5, 0.6) is 0 Å². The van der Waals surface area contributed by atoms with Gasteiger partial charge in [-0.1, -0.05) is 30.3 Å². The Morgan fingerprint density at radius 2 is 1.82 bits per heavy atom. The number of anilines is 1. The van der Waals surface area contributed by atoms with Crippen LogP contribution in [0.2, 0.25) is 0 Å². The number of hydrogen-bond acceptors (Lipinski definition) is 4. The molecule has 0 saturated heterocycles. The summed E-state index contributed by atoms with van der Waals surface area (Å²) in [5, 5.41) is 14.4. The molecule has 2 aromatic heterocycles. The molecule has 0 fully saturated rings. The van der Waals surface area contributed by atoms with Gasteiger partial charge in [-0.15, -0.1) is 0 Å². The van der Waals surface area contributed by atoms with Gasteiger partial charge in [-0.2, -0.15) is 0 Å². The van der Waals surface area contributed by atoms with E-state index in [1.54, 1.807) is 24.3 Å². The van der Waals surface area contributed by atoms with Crippen LogP contribution in [0.25, 0.3) is 33.2 Å². The van der Waals surface area contributed by atoms with Crippen molar-refractivity contribution in [2.75, 3.05) is 5.32 Å². The summed E-state index contributed by atoms with van der Waals surface area (Å²) in [6, 6.07) is 19.8. The quantitative estimate of drug-likeness (QED) is 0.286. The number of carbonyl (C=O) groups is 1. The highest BCUT2D eigenvalue weighted by Gasteiger charge is 2.18. The fraction of sp³-hybridized carbons (Fsp3) is 0.143. The van der Waals surface area contributed by atoms with E-state index in [9.17, 15) is 14.7 Å². The van der Waals surface area contributed by atoms with Crippen molar-refractivity contribution >= 4 is 33.5 Å². The molecular formula is C28H24N2O4. The van der Waals surface area contributed by atoms with Crippen molar-refractivity contribution in [2.45, 2.75) is 26.8 Å². The lowest BCUT2D eigenvalue weighted by Gasteiger charge is -2.19. The molecule has 0 amide bonds. The van der Waals surface area contributed by atoms with E-state index in [1.165, 1.54) is 6.07 Å². The molecule has 5 rings (SSSR count). The molecule has 0 aliphatic carbocycles. The summed E-state index contributed by atoms with van der Waals surface area (Å²) in [6.45, 7) is 5.85. The zero-order valence-corrected chi connectivity index (χ0v) is 19.1. The number of carboxylic acid groups (broad SMARTS) is 1. The summed E-state index contributed by atoms with van der Waals surface area (Å²) in [7, 11) is 0. The fourth-order valence-corrected chi connectivity index (χ4v) is 4.43. The van der Waals surface area contributed by atoms with E-state index in [-0.39, 0.29) is 17.0 Å². The Labute approximate surface area is 195 Å². The summed E-state index contributed by atoms with van der Waals surface area (Å²) in [5.74, 6) is -0.525. The Kier molecular flexibility index (Phi) is 5.21. The third-order valence-electron chi connectivity index (χ3n) is 6.04. The summed E-state index contributed by atoms with van der Waals surface area (Å²) in [6.07, 6.45) is 0. The number of aromatic amines is 1. The first-order valence-corrected chi connectivity index (χ1v) is 11.1. The van der Waals surface area contributed by atoms with Crippen LogP contribution in [0.3, 0.4) is 0 Å². The Morgan fingerprint density at radius 1 is 1.03 bits per heavy atom. The zero-order chi connectivity index (χ0) is 24.0. The van der Waals surface area contributed by atoms with Crippen molar-refractivity contribution in [3.63, 3.8) is 0 Å². The van der Waals surface area contributed by atoms with Crippen LogP contribution in [-0.2, 0) is 0 Å². The molecule has 34 heavy (non-hydrogen) atoms. The molecule has 0 aliphatic rings. The molecule has 170 valence electrons. The van der Waals surface area contributed by atoms with Gasteiger partial charge in [-0.25, -0.2) is 4.79 Å². The molecule has 3 aromatic carbocycles. The Bertz CT molecular complexity index is 1630. The van der Waals surface area contributed by atoms with Gasteiger partial charge in [0.05, 0.1) is 17.0 Å². The van der Waals surface area contributed by atoms with Crippen molar-refractivity contribution in [3.8, 4) is 11.3 Å². The molecule has 0 bridgehead atoms. The van der Waals surface area contributed by atoms with E-state index in [0.717, 1.165) is 33.3 Å². The second-order valence-corrected chi connectivity index (χ2v) is 8.68. The summed E-state index contributed by atoms with van der Waals surface area (Å²) in [4.78, 5) is 28.1. The van der Waals surface area contributed by atoms with Gasteiger partial charge in [0.15, 0.2) is 5.43 Å². The van der Waals surface area contributed by atoms with Crippen LogP contribution < -0.4 is 10.7 Å². The minimum absolute atomic E-state index is 0.123. The number of carboxylic acids is 1. The fourth-order valence-electron chi connectivity index (χ4n) is 4.43. The van der Waals surface area contributed by atoms with E-state index >= 15 is 0 Å². The number of aromatic carboxylic acids is 1. The molecule has 3 N–H and O–H groups in total. The molecule has 6 heteroatoms. The van der Waals surface area contributed by atoms with Crippen LogP contribution in [-0.4, -0.2) is 16.1 Å². The molecule has 6 nitrogen and oxygen atoms in total. The maximum absolute atomic E-state index is 13.1. The maximum atomic E-state index is 13.1. The van der Waals surface area contributed by atoms with E-state index in [2.05, 4.69) is 16.4 Å². The second kappa shape index (κ2) is 8.23. The standard InChI is InChI=1S/C28H24N2O4/c1-15-10-21(17(3)30-23-7-5-4-6-20(23)28(32)33)27-22(11-15)25(31)14-26(34-27)19-9-8-18-12-16(2)29-24(18)13-19/h4-14,17,29-30H,1-3H3,(H,32,33). The smallest absolute Gasteiger partial charge is 0.337 e. The highest BCUT2D eigenvalue weighted by molar-refractivity contribution is 5.94. The topological polar surface area (TPSA) is 95.3 Å². The SMILES string of the molecule is Cc1cc(C(C)Nc2ccccc2C(=O)O)c2oc(-c3ccc4cc(C)[nH]c4c3)cc(=O)c2c1. The van der Waals surface area contributed by atoms with Crippen LogP contribution in [0.15, 0.2) is 75.9 Å². The van der Waals surface area contributed by atoms with Crippen LogP contribution >= 0.6 is 0 Å². The van der Waals surface area contributed by atoms with Crippen LogP contribution in [0.4, 0.5) is 5.69 Å². The number of para-hydroxylation sites is 1. The van der Waals surface area contributed by atoms with Crippen molar-refractivity contribution < 1.29 is 14.3 Å². The molecule has 0 spiro atoms. The summed E-state index contributed by atoms with van der Waals surface area (Å²) in [5.41, 5.74) is 5.60. The number of aryl methyl sites for hydroxylation is 2. The Balaban J connectivity index is 1.64. The number of H-pyrrole nitrogens is 1. The molecule has 0 radical (unpaired) electrons. The number of hydrogen-bond donors (Lipinski definition) is 3. The zero-order valence-electron chi connectivity index (χ0n) is 19.1. The monoisotopic (exact) mass is 452 g/mol. The van der Waals surface area contributed by atoms with Gasteiger partial charge in [0, 0.05) is 34.1 Å². The van der Waals surface area contributed by atoms with Crippen molar-refractivity contribution in [1.29, 1.82) is 0 Å². The van der Waals surface area contributed by atoms with Crippen LogP contribution in [0.1, 0.15) is 40.1 Å². The largest absolute Gasteiger partial charge is 0.478 e. The average Bonchev–Trinajstić information content (AvgIpc) is 3.18. The highest BCUT2D eigenvalue weighted by Crippen LogP contribution is 2.32. The van der Waals surface area contributed by atoms with Crippen molar-refractivity contribution in [1.82, 2.24) is 4.98 Å². The minimum Gasteiger partial charge on any atom is -0.478 e. The first kappa shape index (κ1) is 21.5. The van der Waals surface area contributed by atoms with E-state index in [0.29, 0.717) is 22.4 Å². The molecule has 2 heterocycles. The minimum atomic E-state index is -1.01. The number of fused-ring (bicyclic) bond motifs is 2. The molecule has 0 aliphatic heterocycles. The molecular weight excluding hydrogens is 428 g/mol. The normalized spacial score (nSPS) is 12.2. The van der Waals surface area contributed by atoms with Gasteiger partial charge in [0.1, 0.15) is 11.3 Å². The van der Waals surface area contributed by atoms with Gasteiger partial charge in [-0.05, 0) is 62.1 Å². The van der Waals surface area contributed by atoms with Gasteiger partial charge < -0.3 is 19.8 Å². The lowest BCUT2D eigenvalue weighted by Crippen LogP contribution is -2.12. The first-order valence-electron chi connectivity index (χ1n) is 11.1. The van der Waals surface area contributed by atoms with E-state index in [4.69, 9.17) is 4.42 Å². The van der Waals surface area contributed by atoms with E-state index in [1.807, 2.05) is 51.1 Å². The van der Waals surface area contributed by atoms with Crippen molar-refractivity contribution in [2.24, 2.45) is 0 Å². The lowest BCUT2D eigenvalue weighted by atomic mass is 10.00. The number of aromatic nitrogens is 1. The highest BCUT2D eigenvalue weighted by atomic mass is 16.4. The third kappa shape index (κ3) is 3.83. The molecule has 1 atom stereocenters. The summed E-state index contributed by atoms with van der Waals surface area (Å²) >= 11 is 0. The number of benzene rings is 3. The Morgan fingerprint density at radius 3 is 2.62 bits per heavy atom. The summed E-state index contributed by atoms with van der Waals surface area (Å²) < 4.78 is 6.34. The van der Waals surface area contributed by atoms with Crippen LogP contribution in [0, 0.1) is 13.8 Å². The van der Waals surface area contributed by atoms with Crippen molar-refractivity contribution in [3.05, 3.63) is 99.3 Å². The van der Waals surface area contributed by atoms with Gasteiger partial charge in [0.25, 0.3) is 0 Å². The third-order valence-corrected chi connectivity index (χ3v) is 6.04. The van der Waals surface area contributed by atoms with Gasteiger partial charge >= 0.3 is 5.97 Å². The van der Waals surface area contributed by atoms with E-state index < -0.39 is 5.97 Å². The Hall–Kier alpha value is -4.32. The predicted octanol–water partition coefficient (Wildman–Crippen LogP) is 6.43. The second-order valence-electron chi connectivity index (χ2n) is 8.68. The molecule has 1 unspecified atom stereocenters. The number of nitrogens with one attached hydrogen (secondary N) is 2. The number of rotatable bonds is 5. The van der Waals surface area contributed by atoms with Gasteiger partial charge in [0.2, 0.25) is 0 Å².